The Labute approximate surface area is 162 Å². The van der Waals surface area contributed by atoms with Gasteiger partial charge in [0.25, 0.3) is 0 Å². The lowest BCUT2D eigenvalue weighted by atomic mass is 10.1. The molecule has 0 atom stereocenters. The third kappa shape index (κ3) is 8.33. The molecule has 1 aliphatic carbocycles. The number of nitrogens with zero attached hydrogens (tertiary/aromatic N) is 1. The van der Waals surface area contributed by atoms with E-state index in [-0.39, 0.29) is 5.97 Å². The van der Waals surface area contributed by atoms with Gasteiger partial charge in [-0.2, -0.15) is 0 Å². The number of carbonyl (C=O) groups excluding carboxylic acids is 1. The van der Waals surface area contributed by atoms with Crippen molar-refractivity contribution in [3.8, 4) is 5.75 Å². The van der Waals surface area contributed by atoms with Crippen LogP contribution in [0.5, 0.6) is 5.75 Å². The smallest absolute Gasteiger partial charge is 0.305 e. The molecule has 0 aliphatic heterocycles. The van der Waals surface area contributed by atoms with Gasteiger partial charge in [0.1, 0.15) is 5.75 Å². The van der Waals surface area contributed by atoms with E-state index in [1.165, 1.54) is 25.5 Å². The van der Waals surface area contributed by atoms with Crippen molar-refractivity contribution in [2.24, 2.45) is 10.9 Å². The summed E-state index contributed by atoms with van der Waals surface area (Å²) in [5, 5.41) is 6.67. The summed E-state index contributed by atoms with van der Waals surface area (Å²) in [6.45, 7) is 4.39. The van der Waals surface area contributed by atoms with Crippen molar-refractivity contribution in [3.05, 3.63) is 29.3 Å². The second-order valence-electron chi connectivity index (χ2n) is 7.10. The molecule has 0 amide bonds. The molecular weight excluding hydrogens is 342 g/mol. The summed E-state index contributed by atoms with van der Waals surface area (Å²) in [4.78, 5) is 15.4. The van der Waals surface area contributed by atoms with Crippen molar-refractivity contribution in [1.82, 2.24) is 10.6 Å². The van der Waals surface area contributed by atoms with Crippen LogP contribution in [0.15, 0.2) is 23.2 Å². The number of rotatable bonds is 11. The molecule has 1 saturated carbocycles. The summed E-state index contributed by atoms with van der Waals surface area (Å²) in [7, 11) is 3.20. The highest BCUT2D eigenvalue weighted by Crippen LogP contribution is 2.30. The Balaban J connectivity index is 1.71. The molecule has 1 fully saturated rings. The highest BCUT2D eigenvalue weighted by Gasteiger charge is 2.22. The fourth-order valence-electron chi connectivity index (χ4n) is 2.71. The maximum absolute atomic E-state index is 11.1. The van der Waals surface area contributed by atoms with Gasteiger partial charge in [0, 0.05) is 32.1 Å². The van der Waals surface area contributed by atoms with E-state index < -0.39 is 0 Å². The Kier molecular flexibility index (Phi) is 8.95. The number of guanidine groups is 1. The minimum absolute atomic E-state index is 0.141. The molecule has 0 bridgehead atoms. The zero-order valence-electron chi connectivity index (χ0n) is 16.8. The molecule has 0 saturated heterocycles. The lowest BCUT2D eigenvalue weighted by molar-refractivity contribution is -0.140. The quantitative estimate of drug-likeness (QED) is 0.269. The Morgan fingerprint density at radius 1 is 1.22 bits per heavy atom. The topological polar surface area (TPSA) is 72.0 Å². The molecule has 0 radical (unpaired) electrons. The molecule has 27 heavy (non-hydrogen) atoms. The molecule has 6 heteroatoms. The van der Waals surface area contributed by atoms with Crippen LogP contribution in [0.4, 0.5) is 0 Å². The molecule has 0 aromatic heterocycles. The van der Waals surface area contributed by atoms with Crippen LogP contribution in [0.2, 0.25) is 0 Å². The first-order valence-corrected chi connectivity index (χ1v) is 9.86. The second kappa shape index (κ2) is 11.5. The number of methoxy groups -OCH3 is 1. The number of nitrogens with one attached hydrogen (secondary N) is 2. The Morgan fingerprint density at radius 3 is 2.74 bits per heavy atom. The van der Waals surface area contributed by atoms with Gasteiger partial charge in [0.15, 0.2) is 5.96 Å². The van der Waals surface area contributed by atoms with Crippen LogP contribution >= 0.6 is 0 Å². The predicted molar refractivity (Wildman–Crippen MR) is 108 cm³/mol. The predicted octanol–water partition coefficient (Wildman–Crippen LogP) is 3.18. The Hall–Kier alpha value is -2.24. The van der Waals surface area contributed by atoms with E-state index in [0.29, 0.717) is 13.0 Å². The lowest BCUT2D eigenvalue weighted by Crippen LogP contribution is -2.37. The monoisotopic (exact) mass is 375 g/mol. The summed E-state index contributed by atoms with van der Waals surface area (Å²) >= 11 is 0. The van der Waals surface area contributed by atoms with Crippen LogP contribution in [0.1, 0.15) is 49.7 Å². The van der Waals surface area contributed by atoms with Gasteiger partial charge in [0.05, 0.1) is 13.7 Å². The zero-order valence-corrected chi connectivity index (χ0v) is 16.8. The lowest BCUT2D eigenvalue weighted by Gasteiger charge is -2.15. The molecular formula is C21H33N3O3. The fraction of sp³-hybridized carbons (Fsp3) is 0.619. The SMILES string of the molecule is CN=C(NCCCCCC(=O)OC)NCc1ccc(C)cc1OCC1CC1. The van der Waals surface area contributed by atoms with Gasteiger partial charge in [-0.1, -0.05) is 18.6 Å². The molecule has 0 unspecified atom stereocenters. The van der Waals surface area contributed by atoms with E-state index in [9.17, 15) is 4.79 Å². The Morgan fingerprint density at radius 2 is 2.04 bits per heavy atom. The van der Waals surface area contributed by atoms with Crippen LogP contribution in [0, 0.1) is 12.8 Å². The molecule has 1 aromatic carbocycles. The highest BCUT2D eigenvalue weighted by molar-refractivity contribution is 5.79. The normalized spacial score (nSPS) is 14.0. The summed E-state index contributed by atoms with van der Waals surface area (Å²) < 4.78 is 10.7. The number of esters is 1. The van der Waals surface area contributed by atoms with Crippen LogP contribution in [-0.2, 0) is 16.1 Å². The van der Waals surface area contributed by atoms with Gasteiger partial charge < -0.3 is 20.1 Å². The van der Waals surface area contributed by atoms with Gasteiger partial charge in [-0.25, -0.2) is 0 Å². The van der Waals surface area contributed by atoms with Crippen LogP contribution in [0.25, 0.3) is 0 Å². The van der Waals surface area contributed by atoms with Gasteiger partial charge in [-0.05, 0) is 50.2 Å². The van der Waals surface area contributed by atoms with Crippen molar-refractivity contribution >= 4 is 11.9 Å². The fourth-order valence-corrected chi connectivity index (χ4v) is 2.71. The van der Waals surface area contributed by atoms with Crippen molar-refractivity contribution in [3.63, 3.8) is 0 Å². The van der Waals surface area contributed by atoms with Crippen molar-refractivity contribution in [1.29, 1.82) is 0 Å². The second-order valence-corrected chi connectivity index (χ2v) is 7.10. The van der Waals surface area contributed by atoms with Crippen LogP contribution in [-0.4, -0.2) is 39.2 Å². The van der Waals surface area contributed by atoms with Crippen molar-refractivity contribution < 1.29 is 14.3 Å². The summed E-state index contributed by atoms with van der Waals surface area (Å²) in [6.07, 6.45) is 5.88. The molecule has 0 heterocycles. The molecule has 1 aromatic rings. The molecule has 150 valence electrons. The van der Waals surface area contributed by atoms with Crippen LogP contribution < -0.4 is 15.4 Å². The minimum Gasteiger partial charge on any atom is -0.493 e. The standard InChI is InChI=1S/C21H33N3O3/c1-16-8-11-18(19(13-16)27-15-17-9-10-17)14-24-21(22-2)23-12-6-4-5-7-20(25)26-3/h8,11,13,17H,4-7,9-10,12,14-15H2,1-3H3,(H2,22,23,24). The van der Waals surface area contributed by atoms with Gasteiger partial charge in [0.2, 0.25) is 0 Å². The van der Waals surface area contributed by atoms with E-state index in [0.717, 1.165) is 55.6 Å². The first-order chi connectivity index (χ1) is 13.1. The van der Waals surface area contributed by atoms with E-state index >= 15 is 0 Å². The molecule has 6 nitrogen and oxygen atoms in total. The average molecular weight is 376 g/mol. The third-order valence-corrected chi connectivity index (χ3v) is 4.64. The maximum atomic E-state index is 11.1. The number of hydrogen-bond acceptors (Lipinski definition) is 4. The highest BCUT2D eigenvalue weighted by atomic mass is 16.5. The number of aliphatic imine (C=N–C) groups is 1. The van der Waals surface area contributed by atoms with Crippen molar-refractivity contribution in [2.45, 2.75) is 52.0 Å². The number of ether oxygens (including phenoxy) is 2. The summed E-state index contributed by atoms with van der Waals surface area (Å²) in [5.74, 6) is 2.34. The first kappa shape index (κ1) is 21.1. The minimum atomic E-state index is -0.141. The molecule has 0 spiro atoms. The number of hydrogen-bond donors (Lipinski definition) is 2. The average Bonchev–Trinajstić information content (AvgIpc) is 3.50. The number of carbonyl (C=O) groups is 1. The third-order valence-electron chi connectivity index (χ3n) is 4.64. The number of aryl methyl sites for hydroxylation is 1. The number of unbranched alkanes of at least 4 members (excludes halogenated alkanes) is 2. The molecule has 2 N–H and O–H groups in total. The van der Waals surface area contributed by atoms with Gasteiger partial charge >= 0.3 is 5.97 Å². The maximum Gasteiger partial charge on any atom is 0.305 e. The van der Waals surface area contributed by atoms with E-state index in [1.807, 2.05) is 0 Å². The zero-order chi connectivity index (χ0) is 19.5. The Bertz CT molecular complexity index is 627. The van der Waals surface area contributed by atoms with E-state index in [2.05, 4.69) is 45.5 Å². The van der Waals surface area contributed by atoms with Gasteiger partial charge in [-0.15, -0.1) is 0 Å². The molecule has 2 rings (SSSR count). The van der Waals surface area contributed by atoms with Gasteiger partial charge in [-0.3, -0.25) is 9.79 Å². The molecule has 1 aliphatic rings. The van der Waals surface area contributed by atoms with Crippen LogP contribution in [0.3, 0.4) is 0 Å². The first-order valence-electron chi connectivity index (χ1n) is 9.86. The van der Waals surface area contributed by atoms with E-state index in [1.54, 1.807) is 7.05 Å². The summed E-state index contributed by atoms with van der Waals surface area (Å²) in [5.41, 5.74) is 2.35. The number of benzene rings is 1. The van der Waals surface area contributed by atoms with Crippen molar-refractivity contribution in [2.75, 3.05) is 27.3 Å². The summed E-state index contributed by atoms with van der Waals surface area (Å²) in [6, 6.07) is 6.33. The largest absolute Gasteiger partial charge is 0.493 e. The van der Waals surface area contributed by atoms with E-state index in [4.69, 9.17) is 4.74 Å².